The van der Waals surface area contributed by atoms with Crippen molar-refractivity contribution >= 4 is 22.2 Å². The van der Waals surface area contributed by atoms with Crippen LogP contribution in [0.15, 0.2) is 36.7 Å². The highest BCUT2D eigenvalue weighted by Crippen LogP contribution is 2.28. The Labute approximate surface area is 124 Å². The van der Waals surface area contributed by atoms with Gasteiger partial charge in [0.25, 0.3) is 5.91 Å². The van der Waals surface area contributed by atoms with E-state index in [2.05, 4.69) is 16.2 Å². The van der Waals surface area contributed by atoms with Crippen molar-refractivity contribution in [3.63, 3.8) is 0 Å². The van der Waals surface area contributed by atoms with Gasteiger partial charge in [-0.25, -0.2) is 9.37 Å². The lowest BCUT2D eigenvalue weighted by Crippen LogP contribution is -2.23. The number of fused-ring (bicyclic) bond motifs is 1. The van der Waals surface area contributed by atoms with Gasteiger partial charge in [-0.3, -0.25) is 9.20 Å². The maximum absolute atomic E-state index is 12.9. The van der Waals surface area contributed by atoms with E-state index in [0.717, 1.165) is 10.4 Å². The Bertz CT molecular complexity index is 811. The number of halogens is 1. The highest BCUT2D eigenvalue weighted by atomic mass is 32.1. The number of terminal acetylenes is 1. The Hall–Kier alpha value is -2.65. The van der Waals surface area contributed by atoms with Crippen LogP contribution in [0.5, 0.6) is 0 Å². The molecule has 104 valence electrons. The van der Waals surface area contributed by atoms with E-state index in [9.17, 15) is 9.18 Å². The summed E-state index contributed by atoms with van der Waals surface area (Å²) in [6, 6.07) is 6.25. The summed E-state index contributed by atoms with van der Waals surface area (Å²) < 4.78 is 14.7. The summed E-state index contributed by atoms with van der Waals surface area (Å²) in [5.74, 6) is 1.77. The van der Waals surface area contributed by atoms with E-state index in [-0.39, 0.29) is 18.3 Å². The smallest absolute Gasteiger partial charge is 0.272 e. The molecule has 6 heteroatoms. The largest absolute Gasteiger partial charge is 0.340 e. The minimum Gasteiger partial charge on any atom is -0.340 e. The SMILES string of the molecule is C#CCNC(=O)c1cn2cc(-c3ccc(F)cc3)sc2n1. The Balaban J connectivity index is 1.89. The van der Waals surface area contributed by atoms with Gasteiger partial charge in [0.1, 0.15) is 11.5 Å². The normalized spacial score (nSPS) is 10.5. The third-order valence-corrected chi connectivity index (χ3v) is 3.91. The molecule has 3 rings (SSSR count). The van der Waals surface area contributed by atoms with Gasteiger partial charge in [0, 0.05) is 12.4 Å². The molecule has 0 aliphatic heterocycles. The predicted octanol–water partition coefficient (Wildman–Crippen LogP) is 2.56. The van der Waals surface area contributed by atoms with Crippen LogP contribution >= 0.6 is 11.3 Å². The second-order valence-corrected chi connectivity index (χ2v) is 5.31. The molecule has 0 unspecified atom stereocenters. The van der Waals surface area contributed by atoms with E-state index >= 15 is 0 Å². The molecule has 0 atom stereocenters. The van der Waals surface area contributed by atoms with E-state index < -0.39 is 0 Å². The molecule has 0 radical (unpaired) electrons. The maximum Gasteiger partial charge on any atom is 0.272 e. The summed E-state index contributed by atoms with van der Waals surface area (Å²) in [6.45, 7) is 0.171. The molecular formula is C15H10FN3OS. The summed E-state index contributed by atoms with van der Waals surface area (Å²) in [6.07, 6.45) is 8.59. The van der Waals surface area contributed by atoms with Crippen LogP contribution in [0.3, 0.4) is 0 Å². The van der Waals surface area contributed by atoms with Crippen molar-refractivity contribution in [2.45, 2.75) is 0 Å². The van der Waals surface area contributed by atoms with E-state index in [1.165, 1.54) is 23.5 Å². The molecule has 0 saturated carbocycles. The van der Waals surface area contributed by atoms with Crippen LogP contribution < -0.4 is 5.32 Å². The minimum absolute atomic E-state index is 0.171. The summed E-state index contributed by atoms with van der Waals surface area (Å²) in [7, 11) is 0. The van der Waals surface area contributed by atoms with Crippen LogP contribution in [0.2, 0.25) is 0 Å². The molecule has 0 spiro atoms. The number of carbonyl (C=O) groups excluding carboxylic acids is 1. The van der Waals surface area contributed by atoms with Gasteiger partial charge in [-0.15, -0.1) is 6.42 Å². The molecule has 0 saturated heterocycles. The first-order valence-corrected chi connectivity index (χ1v) is 6.95. The molecule has 1 N–H and O–H groups in total. The van der Waals surface area contributed by atoms with Gasteiger partial charge in [0.05, 0.1) is 11.4 Å². The van der Waals surface area contributed by atoms with E-state index in [4.69, 9.17) is 6.42 Å². The summed E-state index contributed by atoms with van der Waals surface area (Å²) in [5.41, 5.74) is 1.23. The summed E-state index contributed by atoms with van der Waals surface area (Å²) in [4.78, 5) is 17.6. The van der Waals surface area contributed by atoms with Crippen LogP contribution in [0.25, 0.3) is 15.4 Å². The van der Waals surface area contributed by atoms with E-state index in [0.29, 0.717) is 10.7 Å². The van der Waals surface area contributed by atoms with Gasteiger partial charge in [-0.05, 0) is 17.7 Å². The van der Waals surface area contributed by atoms with Crippen LogP contribution in [0, 0.1) is 18.2 Å². The van der Waals surface area contributed by atoms with Crippen molar-refractivity contribution in [1.29, 1.82) is 0 Å². The van der Waals surface area contributed by atoms with Gasteiger partial charge in [-0.1, -0.05) is 29.4 Å². The third-order valence-electron chi connectivity index (χ3n) is 2.87. The van der Waals surface area contributed by atoms with Crippen LogP contribution in [-0.4, -0.2) is 21.8 Å². The fourth-order valence-electron chi connectivity index (χ4n) is 1.87. The highest BCUT2D eigenvalue weighted by Gasteiger charge is 2.13. The van der Waals surface area contributed by atoms with Crippen molar-refractivity contribution in [2.24, 2.45) is 0 Å². The maximum atomic E-state index is 12.9. The van der Waals surface area contributed by atoms with Crippen molar-refractivity contribution in [1.82, 2.24) is 14.7 Å². The molecule has 0 bridgehead atoms. The first-order chi connectivity index (χ1) is 10.2. The number of carbonyl (C=O) groups is 1. The average Bonchev–Trinajstić information content (AvgIpc) is 3.04. The molecule has 1 aromatic carbocycles. The van der Waals surface area contributed by atoms with Crippen LogP contribution in [0.4, 0.5) is 4.39 Å². The zero-order valence-electron chi connectivity index (χ0n) is 10.8. The Morgan fingerprint density at radius 3 is 2.81 bits per heavy atom. The zero-order valence-corrected chi connectivity index (χ0v) is 11.7. The lowest BCUT2D eigenvalue weighted by atomic mass is 10.2. The molecule has 0 aliphatic carbocycles. The number of benzene rings is 1. The third kappa shape index (κ3) is 2.64. The van der Waals surface area contributed by atoms with Crippen LogP contribution in [0.1, 0.15) is 10.5 Å². The average molecular weight is 299 g/mol. The molecule has 2 heterocycles. The first-order valence-electron chi connectivity index (χ1n) is 6.13. The number of amides is 1. The zero-order chi connectivity index (χ0) is 14.8. The highest BCUT2D eigenvalue weighted by molar-refractivity contribution is 7.20. The monoisotopic (exact) mass is 299 g/mol. The van der Waals surface area contributed by atoms with Crippen LogP contribution in [-0.2, 0) is 0 Å². The number of hydrogen-bond acceptors (Lipinski definition) is 3. The van der Waals surface area contributed by atoms with Gasteiger partial charge in [0.15, 0.2) is 4.96 Å². The van der Waals surface area contributed by atoms with Gasteiger partial charge < -0.3 is 5.32 Å². The number of imidazole rings is 1. The minimum atomic E-state index is -0.299. The van der Waals surface area contributed by atoms with E-state index in [1.807, 2.05) is 6.20 Å². The first kappa shape index (κ1) is 13.3. The molecule has 0 aliphatic rings. The Kier molecular flexibility index (Phi) is 3.42. The molecule has 4 nitrogen and oxygen atoms in total. The fourth-order valence-corrected chi connectivity index (χ4v) is 2.85. The standard InChI is InChI=1S/C15H10FN3OS/c1-2-7-17-14(20)12-8-19-9-13(21-15(19)18-12)10-3-5-11(16)6-4-10/h1,3-6,8-9H,7H2,(H,17,20). The van der Waals surface area contributed by atoms with Crippen molar-refractivity contribution in [3.8, 4) is 22.8 Å². The summed E-state index contributed by atoms with van der Waals surface area (Å²) in [5, 5.41) is 2.56. The summed E-state index contributed by atoms with van der Waals surface area (Å²) >= 11 is 1.43. The number of thiazole rings is 1. The second kappa shape index (κ2) is 5.38. The number of hydrogen-bond donors (Lipinski definition) is 1. The molecule has 1 amide bonds. The predicted molar refractivity (Wildman–Crippen MR) is 79.6 cm³/mol. The number of nitrogens with one attached hydrogen (secondary N) is 1. The number of nitrogens with zero attached hydrogens (tertiary/aromatic N) is 2. The topological polar surface area (TPSA) is 46.4 Å². The van der Waals surface area contributed by atoms with Gasteiger partial charge in [-0.2, -0.15) is 0 Å². The lowest BCUT2D eigenvalue weighted by Gasteiger charge is -1.96. The van der Waals surface area contributed by atoms with Gasteiger partial charge >= 0.3 is 0 Å². The Morgan fingerprint density at radius 2 is 2.14 bits per heavy atom. The van der Waals surface area contributed by atoms with Crippen molar-refractivity contribution in [2.75, 3.05) is 6.54 Å². The second-order valence-electron chi connectivity index (χ2n) is 4.31. The molecule has 2 aromatic heterocycles. The number of aromatic nitrogens is 2. The van der Waals surface area contributed by atoms with Gasteiger partial charge in [0.2, 0.25) is 0 Å². The fraction of sp³-hybridized carbons (Fsp3) is 0.0667. The molecule has 3 aromatic rings. The Morgan fingerprint density at radius 1 is 1.38 bits per heavy atom. The quantitative estimate of drug-likeness (QED) is 0.756. The number of rotatable bonds is 3. The van der Waals surface area contributed by atoms with Crippen molar-refractivity contribution in [3.05, 3.63) is 48.2 Å². The molecule has 0 fully saturated rings. The molecule has 21 heavy (non-hydrogen) atoms. The molecular weight excluding hydrogens is 289 g/mol. The van der Waals surface area contributed by atoms with Crippen molar-refractivity contribution < 1.29 is 9.18 Å². The lowest BCUT2D eigenvalue weighted by molar-refractivity contribution is 0.0954. The van der Waals surface area contributed by atoms with E-state index in [1.54, 1.807) is 22.7 Å².